The van der Waals surface area contributed by atoms with Gasteiger partial charge in [0.2, 0.25) is 0 Å². The summed E-state index contributed by atoms with van der Waals surface area (Å²) in [4.78, 5) is 44.4. The first-order valence-corrected chi connectivity index (χ1v) is 11.8. The van der Waals surface area contributed by atoms with E-state index in [1.807, 2.05) is 6.07 Å². The van der Waals surface area contributed by atoms with Crippen molar-refractivity contribution in [2.45, 2.75) is 31.7 Å². The smallest absolute Gasteiger partial charge is 0.349 e. The number of nitrogens with one attached hydrogen (secondary N) is 2. The van der Waals surface area contributed by atoms with Crippen molar-refractivity contribution in [3.05, 3.63) is 39.2 Å². The van der Waals surface area contributed by atoms with Crippen LogP contribution in [0.15, 0.2) is 26.3 Å². The number of amidine groups is 1. The van der Waals surface area contributed by atoms with Gasteiger partial charge < -0.3 is 25.1 Å². The monoisotopic (exact) mass is 456 g/mol. The second kappa shape index (κ2) is 8.59. The summed E-state index contributed by atoms with van der Waals surface area (Å²) in [7, 11) is 0. The Balaban J connectivity index is 1.44. The SMILES string of the molecule is O=C(NC(CO)C(=O)NC1=NCCS1)c1cc2cc3c4c(c2oc1=O)CCCN4CCC3. The lowest BCUT2D eigenvalue weighted by molar-refractivity contribution is -0.122. The number of benzene rings is 1. The van der Waals surface area contributed by atoms with Gasteiger partial charge in [-0.25, -0.2) is 4.79 Å². The number of carbonyl (C=O) groups excluding carboxylic acids is 2. The predicted molar refractivity (Wildman–Crippen MR) is 123 cm³/mol. The molecule has 1 unspecified atom stereocenters. The van der Waals surface area contributed by atoms with Gasteiger partial charge in [0.1, 0.15) is 17.2 Å². The molecule has 0 fully saturated rings. The standard InChI is InChI=1S/C22H24N4O5S/c27-11-16(20(29)25-22-23-5-8-32-22)24-19(28)15-10-13-9-12-3-1-6-26-7-2-4-14(17(12)26)18(13)31-21(15)30/h9-10,16,27H,1-8,11H2,(H,24,28)(H,23,25,29). The summed E-state index contributed by atoms with van der Waals surface area (Å²) in [5, 5.41) is 15.8. The van der Waals surface area contributed by atoms with Crippen molar-refractivity contribution in [1.29, 1.82) is 0 Å². The predicted octanol–water partition coefficient (Wildman–Crippen LogP) is 0.802. The Morgan fingerprint density at radius 2 is 2.06 bits per heavy atom. The number of hydrogen-bond donors (Lipinski definition) is 3. The Kier molecular flexibility index (Phi) is 5.64. The van der Waals surface area contributed by atoms with Gasteiger partial charge in [-0.3, -0.25) is 14.6 Å². The van der Waals surface area contributed by atoms with Gasteiger partial charge in [-0.15, -0.1) is 0 Å². The minimum absolute atomic E-state index is 0.188. The molecule has 0 aliphatic carbocycles. The van der Waals surface area contributed by atoms with E-state index in [1.165, 1.54) is 29.1 Å². The number of anilines is 1. The summed E-state index contributed by atoms with van der Waals surface area (Å²) in [6, 6.07) is 2.32. The molecule has 5 rings (SSSR count). The van der Waals surface area contributed by atoms with E-state index >= 15 is 0 Å². The van der Waals surface area contributed by atoms with Crippen LogP contribution in [0.1, 0.15) is 34.3 Å². The number of rotatable bonds is 4. The number of nitrogens with zero attached hydrogens (tertiary/aromatic N) is 2. The maximum absolute atomic E-state index is 12.8. The van der Waals surface area contributed by atoms with E-state index in [-0.39, 0.29) is 5.56 Å². The molecule has 3 N–H and O–H groups in total. The van der Waals surface area contributed by atoms with Crippen molar-refractivity contribution in [2.75, 3.05) is 36.9 Å². The highest BCUT2D eigenvalue weighted by Gasteiger charge is 2.29. The Labute approximate surface area is 188 Å². The summed E-state index contributed by atoms with van der Waals surface area (Å²) >= 11 is 1.39. The first-order chi connectivity index (χ1) is 15.5. The summed E-state index contributed by atoms with van der Waals surface area (Å²) in [5.74, 6) is -0.575. The number of thioether (sulfide) groups is 1. The third-order valence-corrected chi connectivity index (χ3v) is 6.97. The molecule has 168 valence electrons. The topological polar surface area (TPSA) is 124 Å². The molecule has 9 nitrogen and oxygen atoms in total. The molecule has 1 aromatic carbocycles. The highest BCUT2D eigenvalue weighted by atomic mass is 32.2. The van der Waals surface area contributed by atoms with E-state index in [2.05, 4.69) is 20.5 Å². The molecule has 0 radical (unpaired) electrons. The fraction of sp³-hybridized carbons (Fsp3) is 0.455. The van der Waals surface area contributed by atoms with Gasteiger partial charge in [0, 0.05) is 35.5 Å². The van der Waals surface area contributed by atoms with Gasteiger partial charge in [0.05, 0.1) is 13.2 Å². The fourth-order valence-corrected chi connectivity index (χ4v) is 5.37. The highest BCUT2D eigenvalue weighted by Crippen LogP contribution is 2.39. The van der Waals surface area contributed by atoms with Crippen LogP contribution in [0.3, 0.4) is 0 Å². The van der Waals surface area contributed by atoms with Gasteiger partial charge in [-0.1, -0.05) is 11.8 Å². The molecule has 2 amide bonds. The van der Waals surface area contributed by atoms with E-state index < -0.39 is 30.1 Å². The summed E-state index contributed by atoms with van der Waals surface area (Å²) < 4.78 is 5.64. The van der Waals surface area contributed by atoms with Crippen molar-refractivity contribution in [3.8, 4) is 0 Å². The molecule has 0 spiro atoms. The van der Waals surface area contributed by atoms with Gasteiger partial charge in [0.25, 0.3) is 11.8 Å². The average Bonchev–Trinajstić information content (AvgIpc) is 3.30. The Morgan fingerprint density at radius 3 is 2.81 bits per heavy atom. The number of fused-ring (bicyclic) bond motifs is 2. The molecule has 0 saturated carbocycles. The van der Waals surface area contributed by atoms with E-state index in [0.29, 0.717) is 22.7 Å². The van der Waals surface area contributed by atoms with E-state index in [1.54, 1.807) is 0 Å². The number of amides is 2. The molecule has 2 aromatic rings. The minimum Gasteiger partial charge on any atom is -0.422 e. The first kappa shape index (κ1) is 21.0. The molecule has 10 heteroatoms. The lowest BCUT2D eigenvalue weighted by atomic mass is 9.90. The van der Waals surface area contributed by atoms with Crippen molar-refractivity contribution >= 4 is 45.4 Å². The van der Waals surface area contributed by atoms with Gasteiger partial charge in [-0.05, 0) is 43.4 Å². The van der Waals surface area contributed by atoms with Gasteiger partial charge in [0.15, 0.2) is 5.17 Å². The van der Waals surface area contributed by atoms with Crippen LogP contribution in [0.5, 0.6) is 0 Å². The minimum atomic E-state index is -1.21. The van der Waals surface area contributed by atoms with E-state index in [9.17, 15) is 19.5 Å². The Bertz CT molecular complexity index is 1190. The average molecular weight is 457 g/mol. The number of aliphatic imine (C=N–C) groups is 1. The lowest BCUT2D eigenvalue weighted by Gasteiger charge is -2.37. The fourth-order valence-electron chi connectivity index (χ4n) is 4.64. The molecule has 4 heterocycles. The maximum Gasteiger partial charge on any atom is 0.349 e. The first-order valence-electron chi connectivity index (χ1n) is 10.8. The van der Waals surface area contributed by atoms with Crippen molar-refractivity contribution in [1.82, 2.24) is 10.6 Å². The zero-order valence-electron chi connectivity index (χ0n) is 17.5. The molecule has 1 atom stereocenters. The summed E-state index contributed by atoms with van der Waals surface area (Å²) in [6.07, 6.45) is 3.84. The number of aryl methyl sites for hydroxylation is 2. The van der Waals surface area contributed by atoms with Crippen LogP contribution in [-0.2, 0) is 17.6 Å². The molecule has 0 saturated heterocycles. The van der Waals surface area contributed by atoms with Crippen molar-refractivity contribution in [3.63, 3.8) is 0 Å². The number of aliphatic hydroxyl groups excluding tert-OH is 1. The van der Waals surface area contributed by atoms with E-state index in [4.69, 9.17) is 4.42 Å². The zero-order valence-corrected chi connectivity index (χ0v) is 18.3. The largest absolute Gasteiger partial charge is 0.422 e. The molecule has 32 heavy (non-hydrogen) atoms. The third-order valence-electron chi connectivity index (χ3n) is 6.08. The molecule has 1 aromatic heterocycles. The van der Waals surface area contributed by atoms with E-state index in [0.717, 1.165) is 50.1 Å². The molecular weight excluding hydrogens is 432 g/mol. The van der Waals surface area contributed by atoms with Crippen LogP contribution < -0.4 is 21.2 Å². The maximum atomic E-state index is 12.8. The van der Waals surface area contributed by atoms with Crippen molar-refractivity contribution in [2.24, 2.45) is 4.99 Å². The summed E-state index contributed by atoms with van der Waals surface area (Å²) in [6.45, 7) is 2.01. The van der Waals surface area contributed by atoms with Crippen LogP contribution in [0.25, 0.3) is 11.0 Å². The molecule has 3 aliphatic rings. The second-order valence-corrected chi connectivity index (χ2v) is 9.24. The molecular formula is C22H24N4O5S. The Morgan fingerprint density at radius 1 is 1.25 bits per heavy atom. The summed E-state index contributed by atoms with van der Waals surface area (Å²) in [5.41, 5.74) is 3.01. The van der Waals surface area contributed by atoms with Gasteiger partial charge in [-0.2, -0.15) is 0 Å². The second-order valence-electron chi connectivity index (χ2n) is 8.16. The highest BCUT2D eigenvalue weighted by molar-refractivity contribution is 8.14. The number of carbonyl (C=O) groups is 2. The number of aliphatic hydroxyl groups is 1. The molecule has 0 bridgehead atoms. The normalized spacial score (nSPS) is 18.2. The number of hydrogen-bond acceptors (Lipinski definition) is 8. The lowest BCUT2D eigenvalue weighted by Crippen LogP contribution is -2.50. The van der Waals surface area contributed by atoms with Crippen LogP contribution in [-0.4, -0.2) is 60.1 Å². The third kappa shape index (κ3) is 3.77. The van der Waals surface area contributed by atoms with Gasteiger partial charge >= 0.3 is 5.63 Å². The van der Waals surface area contributed by atoms with Crippen LogP contribution in [0.2, 0.25) is 0 Å². The van der Waals surface area contributed by atoms with Crippen LogP contribution >= 0.6 is 11.8 Å². The van der Waals surface area contributed by atoms with Crippen molar-refractivity contribution < 1.29 is 19.1 Å². The Hall–Kier alpha value is -2.85. The van der Waals surface area contributed by atoms with Crippen LogP contribution in [0, 0.1) is 0 Å². The quantitative estimate of drug-likeness (QED) is 0.582. The molecule has 3 aliphatic heterocycles. The zero-order chi connectivity index (χ0) is 22.2. The van der Waals surface area contributed by atoms with Crippen LogP contribution in [0.4, 0.5) is 5.69 Å².